The molecule has 0 radical (unpaired) electrons. The molecule has 0 atom stereocenters. The van der Waals surface area contributed by atoms with Crippen LogP contribution in [0.1, 0.15) is 11.1 Å². The minimum Gasteiger partial charge on any atom is -0.297 e. The summed E-state index contributed by atoms with van der Waals surface area (Å²) in [5.74, 6) is 1.63. The average molecular weight is 359 g/mol. The van der Waals surface area contributed by atoms with Crippen LogP contribution in [-0.2, 0) is 12.3 Å². The second kappa shape index (κ2) is 7.93. The van der Waals surface area contributed by atoms with Crippen molar-refractivity contribution in [3.63, 3.8) is 0 Å². The Hall–Kier alpha value is -2.99. The molecule has 0 aliphatic carbocycles. The highest BCUT2D eigenvalue weighted by atomic mass is 32.2. The van der Waals surface area contributed by atoms with Gasteiger partial charge in [0.05, 0.1) is 6.54 Å². The van der Waals surface area contributed by atoms with Gasteiger partial charge in [-0.3, -0.25) is 14.5 Å². The van der Waals surface area contributed by atoms with Crippen LogP contribution in [-0.4, -0.2) is 24.7 Å². The fraction of sp³-hybridized carbons (Fsp3) is 0.100. The topological polar surface area (TPSA) is 56.5 Å². The maximum atomic E-state index is 4.43. The molecule has 0 N–H and O–H groups in total. The third-order valence-corrected chi connectivity index (χ3v) is 4.95. The molecule has 0 amide bonds. The molecule has 6 heteroatoms. The Morgan fingerprint density at radius 2 is 1.54 bits per heavy atom. The van der Waals surface area contributed by atoms with Crippen molar-refractivity contribution in [2.75, 3.05) is 0 Å². The summed E-state index contributed by atoms with van der Waals surface area (Å²) >= 11 is 1.66. The van der Waals surface area contributed by atoms with Gasteiger partial charge in [0.15, 0.2) is 11.0 Å². The summed E-state index contributed by atoms with van der Waals surface area (Å²) in [4.78, 5) is 8.39. The Morgan fingerprint density at radius 1 is 0.769 bits per heavy atom. The van der Waals surface area contributed by atoms with E-state index in [4.69, 9.17) is 0 Å². The van der Waals surface area contributed by atoms with Gasteiger partial charge in [0.25, 0.3) is 0 Å². The Morgan fingerprint density at radius 3 is 2.27 bits per heavy atom. The van der Waals surface area contributed by atoms with E-state index in [1.807, 2.05) is 48.8 Å². The molecule has 3 aromatic heterocycles. The third kappa shape index (κ3) is 3.81. The van der Waals surface area contributed by atoms with Gasteiger partial charge in [0, 0.05) is 36.1 Å². The van der Waals surface area contributed by atoms with Gasteiger partial charge in [-0.05, 0) is 29.3 Å². The molecule has 0 spiro atoms. The number of hydrogen-bond acceptors (Lipinski definition) is 5. The normalized spacial score (nSPS) is 10.8. The van der Waals surface area contributed by atoms with Crippen LogP contribution in [0.2, 0.25) is 0 Å². The Labute approximate surface area is 156 Å². The van der Waals surface area contributed by atoms with Gasteiger partial charge in [-0.15, -0.1) is 10.2 Å². The summed E-state index contributed by atoms with van der Waals surface area (Å²) in [5.41, 5.74) is 3.33. The third-order valence-electron chi connectivity index (χ3n) is 3.91. The first-order chi connectivity index (χ1) is 12.9. The largest absolute Gasteiger partial charge is 0.297 e. The highest BCUT2D eigenvalue weighted by molar-refractivity contribution is 7.98. The maximum absolute atomic E-state index is 4.43. The van der Waals surface area contributed by atoms with Crippen LogP contribution in [0.3, 0.4) is 0 Å². The second-order valence-corrected chi connectivity index (χ2v) is 6.71. The van der Waals surface area contributed by atoms with Crippen molar-refractivity contribution in [3.8, 4) is 11.4 Å². The quantitative estimate of drug-likeness (QED) is 0.486. The molecule has 128 valence electrons. The van der Waals surface area contributed by atoms with Gasteiger partial charge in [0.1, 0.15) is 0 Å². The minimum atomic E-state index is 0.716. The predicted octanol–water partition coefficient (Wildman–Crippen LogP) is 4.08. The molecule has 3 heterocycles. The lowest BCUT2D eigenvalue weighted by atomic mass is 10.2. The van der Waals surface area contributed by atoms with E-state index in [2.05, 4.69) is 42.9 Å². The highest BCUT2D eigenvalue weighted by Crippen LogP contribution is 2.26. The molecule has 5 nitrogen and oxygen atoms in total. The Bertz CT molecular complexity index is 955. The van der Waals surface area contributed by atoms with E-state index in [0.717, 1.165) is 27.9 Å². The lowest BCUT2D eigenvalue weighted by molar-refractivity contribution is 0.714. The lowest BCUT2D eigenvalue weighted by Crippen LogP contribution is -2.04. The van der Waals surface area contributed by atoms with Crippen molar-refractivity contribution in [3.05, 3.63) is 90.5 Å². The summed E-state index contributed by atoms with van der Waals surface area (Å²) < 4.78 is 2.15. The van der Waals surface area contributed by atoms with E-state index >= 15 is 0 Å². The number of nitrogens with zero attached hydrogens (tertiary/aromatic N) is 5. The Balaban J connectivity index is 1.66. The van der Waals surface area contributed by atoms with E-state index in [9.17, 15) is 0 Å². The molecular formula is C20H17N5S. The van der Waals surface area contributed by atoms with Gasteiger partial charge in [-0.1, -0.05) is 48.2 Å². The van der Waals surface area contributed by atoms with Crippen molar-refractivity contribution >= 4 is 11.8 Å². The van der Waals surface area contributed by atoms with Gasteiger partial charge < -0.3 is 0 Å². The van der Waals surface area contributed by atoms with Crippen LogP contribution in [0.4, 0.5) is 0 Å². The Kier molecular flexibility index (Phi) is 5.02. The van der Waals surface area contributed by atoms with E-state index in [1.54, 1.807) is 24.2 Å². The summed E-state index contributed by atoms with van der Waals surface area (Å²) in [6, 6.07) is 18.3. The highest BCUT2D eigenvalue weighted by Gasteiger charge is 2.15. The predicted molar refractivity (Wildman–Crippen MR) is 103 cm³/mol. The molecule has 0 saturated carbocycles. The summed E-state index contributed by atoms with van der Waals surface area (Å²) in [5, 5.41) is 9.75. The fourth-order valence-corrected chi connectivity index (χ4v) is 3.52. The van der Waals surface area contributed by atoms with Crippen LogP contribution in [0.15, 0.2) is 84.5 Å². The second-order valence-electron chi connectivity index (χ2n) is 5.77. The van der Waals surface area contributed by atoms with Crippen molar-refractivity contribution in [1.82, 2.24) is 24.7 Å². The maximum Gasteiger partial charge on any atom is 0.192 e. The van der Waals surface area contributed by atoms with Crippen molar-refractivity contribution in [2.24, 2.45) is 0 Å². The zero-order chi connectivity index (χ0) is 17.6. The number of hydrogen-bond donors (Lipinski definition) is 0. The van der Waals surface area contributed by atoms with Crippen LogP contribution >= 0.6 is 11.8 Å². The van der Waals surface area contributed by atoms with Gasteiger partial charge >= 0.3 is 0 Å². The number of rotatable bonds is 6. The molecule has 0 bridgehead atoms. The molecule has 0 aliphatic rings. The summed E-state index contributed by atoms with van der Waals surface area (Å²) in [6.07, 6.45) is 7.25. The molecule has 0 saturated heterocycles. The van der Waals surface area contributed by atoms with Crippen LogP contribution < -0.4 is 0 Å². The first-order valence-electron chi connectivity index (χ1n) is 8.29. The van der Waals surface area contributed by atoms with E-state index in [-0.39, 0.29) is 0 Å². The van der Waals surface area contributed by atoms with Crippen LogP contribution in [0.5, 0.6) is 0 Å². The summed E-state index contributed by atoms with van der Waals surface area (Å²) in [6.45, 7) is 0.716. The molecule has 0 unspecified atom stereocenters. The number of pyridine rings is 2. The molecule has 4 rings (SSSR count). The van der Waals surface area contributed by atoms with E-state index < -0.39 is 0 Å². The molecule has 26 heavy (non-hydrogen) atoms. The fourth-order valence-electron chi connectivity index (χ4n) is 2.64. The van der Waals surface area contributed by atoms with Gasteiger partial charge in [-0.25, -0.2) is 0 Å². The molecule has 4 aromatic rings. The standard InChI is InChI=1S/C20H17N5S/c1-2-6-16(7-3-1)14-25-19(18-9-5-11-22-13-18)23-24-20(25)26-15-17-8-4-10-21-12-17/h1-13H,14-15H2. The van der Waals surface area contributed by atoms with Gasteiger partial charge in [-0.2, -0.15) is 0 Å². The smallest absolute Gasteiger partial charge is 0.192 e. The zero-order valence-corrected chi connectivity index (χ0v) is 14.9. The SMILES string of the molecule is c1ccc(Cn2c(SCc3cccnc3)nnc2-c2cccnc2)cc1. The van der Waals surface area contributed by atoms with Crippen molar-refractivity contribution < 1.29 is 0 Å². The molecule has 1 aromatic carbocycles. The summed E-state index contributed by atoms with van der Waals surface area (Å²) in [7, 11) is 0. The molecule has 0 aliphatic heterocycles. The van der Waals surface area contributed by atoms with E-state index in [1.165, 1.54) is 5.56 Å². The number of aromatic nitrogens is 5. The van der Waals surface area contributed by atoms with Crippen LogP contribution in [0, 0.1) is 0 Å². The lowest BCUT2D eigenvalue weighted by Gasteiger charge is -2.10. The van der Waals surface area contributed by atoms with Crippen LogP contribution in [0.25, 0.3) is 11.4 Å². The number of benzene rings is 1. The van der Waals surface area contributed by atoms with Crippen molar-refractivity contribution in [2.45, 2.75) is 17.5 Å². The first kappa shape index (κ1) is 16.5. The zero-order valence-electron chi connectivity index (χ0n) is 14.1. The first-order valence-corrected chi connectivity index (χ1v) is 9.28. The molecule has 0 fully saturated rings. The van der Waals surface area contributed by atoms with Crippen molar-refractivity contribution in [1.29, 1.82) is 0 Å². The minimum absolute atomic E-state index is 0.716. The van der Waals surface area contributed by atoms with Gasteiger partial charge in [0.2, 0.25) is 0 Å². The molecular weight excluding hydrogens is 342 g/mol. The average Bonchev–Trinajstić information content (AvgIpc) is 3.11. The monoisotopic (exact) mass is 359 g/mol. The number of thioether (sulfide) groups is 1. The van der Waals surface area contributed by atoms with E-state index in [0.29, 0.717) is 6.54 Å².